The Morgan fingerprint density at radius 2 is 1.88 bits per heavy atom. The molecule has 1 atom stereocenters. The number of carboxylic acids is 1. The molecule has 2 aliphatic heterocycles. The number of alkyl halides is 3. The molecule has 3 heterocycles. The molecular formula is C21H27F3N4O4. The minimum Gasteiger partial charge on any atom is -0.475 e. The Balaban J connectivity index is 0.000000360. The fourth-order valence-corrected chi connectivity index (χ4v) is 4.54. The first kappa shape index (κ1) is 23.8. The van der Waals surface area contributed by atoms with E-state index in [1.165, 1.54) is 19.3 Å². The maximum Gasteiger partial charge on any atom is 0.490 e. The van der Waals surface area contributed by atoms with Crippen molar-refractivity contribution in [3.63, 3.8) is 0 Å². The Labute approximate surface area is 183 Å². The number of nitrogens with zero attached hydrogens (tertiary/aromatic N) is 3. The lowest BCUT2D eigenvalue weighted by Crippen LogP contribution is -2.45. The lowest BCUT2D eigenvalue weighted by Gasteiger charge is -2.27. The third-order valence-electron chi connectivity index (χ3n) is 6.18. The zero-order chi connectivity index (χ0) is 23.4. The average Bonchev–Trinajstić information content (AvgIpc) is 3.32. The summed E-state index contributed by atoms with van der Waals surface area (Å²) < 4.78 is 31.7. The molecule has 1 saturated carbocycles. The minimum absolute atomic E-state index is 0.0519. The molecule has 0 radical (unpaired) electrons. The van der Waals surface area contributed by atoms with Crippen LogP contribution in [-0.2, 0) is 9.59 Å². The van der Waals surface area contributed by atoms with Crippen LogP contribution in [0.1, 0.15) is 44.9 Å². The lowest BCUT2D eigenvalue weighted by atomic mass is 9.86. The lowest BCUT2D eigenvalue weighted by molar-refractivity contribution is -0.192. The molecule has 1 aromatic heterocycles. The third kappa shape index (κ3) is 5.89. The van der Waals surface area contributed by atoms with Crippen molar-refractivity contribution in [3.05, 3.63) is 24.5 Å². The van der Waals surface area contributed by atoms with Crippen molar-refractivity contribution < 1.29 is 32.7 Å². The number of amides is 3. The summed E-state index contributed by atoms with van der Waals surface area (Å²) in [4.78, 5) is 41.9. The standard InChI is InChI=1S/C19H26N4O2.C2HF3O2/c24-17-11-19(14-23(17)16-7-4-9-20-12-16)8-10-22(13-19)18(25)21-15-5-2-1-3-6-15;3-2(4,5)1(6)7/h4,7,9,12,15H,1-3,5-6,8,10-11,13-14H2,(H,21,25);(H,6,7). The number of pyridine rings is 1. The summed E-state index contributed by atoms with van der Waals surface area (Å²) in [5, 5.41) is 10.3. The predicted molar refractivity (Wildman–Crippen MR) is 109 cm³/mol. The van der Waals surface area contributed by atoms with Crippen LogP contribution in [0.4, 0.5) is 23.7 Å². The van der Waals surface area contributed by atoms with Gasteiger partial charge < -0.3 is 20.2 Å². The van der Waals surface area contributed by atoms with Crippen molar-refractivity contribution in [2.45, 2.75) is 57.2 Å². The van der Waals surface area contributed by atoms with Gasteiger partial charge in [0, 0.05) is 43.7 Å². The monoisotopic (exact) mass is 456 g/mol. The molecule has 1 aliphatic carbocycles. The molecular weight excluding hydrogens is 429 g/mol. The molecule has 1 unspecified atom stereocenters. The van der Waals surface area contributed by atoms with Gasteiger partial charge in [-0.15, -0.1) is 0 Å². The second-order valence-corrected chi connectivity index (χ2v) is 8.63. The van der Waals surface area contributed by atoms with Gasteiger partial charge in [0.25, 0.3) is 0 Å². The molecule has 176 valence electrons. The molecule has 11 heteroatoms. The number of anilines is 1. The third-order valence-corrected chi connectivity index (χ3v) is 6.18. The maximum absolute atomic E-state index is 12.6. The molecule has 32 heavy (non-hydrogen) atoms. The number of aromatic nitrogens is 1. The summed E-state index contributed by atoms with van der Waals surface area (Å²) in [6.07, 6.45) is 5.68. The highest BCUT2D eigenvalue weighted by Crippen LogP contribution is 2.41. The average molecular weight is 456 g/mol. The molecule has 0 bridgehead atoms. The van der Waals surface area contributed by atoms with E-state index < -0.39 is 12.1 Å². The van der Waals surface area contributed by atoms with Crippen LogP contribution in [0.15, 0.2) is 24.5 Å². The predicted octanol–water partition coefficient (Wildman–Crippen LogP) is 3.19. The van der Waals surface area contributed by atoms with Gasteiger partial charge in [-0.1, -0.05) is 19.3 Å². The van der Waals surface area contributed by atoms with Gasteiger partial charge in [0.2, 0.25) is 5.91 Å². The fraction of sp³-hybridized carbons (Fsp3) is 0.619. The van der Waals surface area contributed by atoms with Gasteiger partial charge in [-0.25, -0.2) is 9.59 Å². The largest absolute Gasteiger partial charge is 0.490 e. The van der Waals surface area contributed by atoms with E-state index in [-0.39, 0.29) is 17.4 Å². The van der Waals surface area contributed by atoms with Gasteiger partial charge in [-0.2, -0.15) is 13.2 Å². The molecule has 3 aliphatic rings. The van der Waals surface area contributed by atoms with Crippen molar-refractivity contribution in [2.24, 2.45) is 5.41 Å². The van der Waals surface area contributed by atoms with E-state index in [0.29, 0.717) is 25.6 Å². The Morgan fingerprint density at radius 1 is 1.19 bits per heavy atom. The van der Waals surface area contributed by atoms with Gasteiger partial charge in [0.1, 0.15) is 0 Å². The Morgan fingerprint density at radius 3 is 2.47 bits per heavy atom. The molecule has 3 amide bonds. The topological polar surface area (TPSA) is 103 Å². The van der Waals surface area contributed by atoms with Gasteiger partial charge >= 0.3 is 18.2 Å². The van der Waals surface area contributed by atoms with Crippen LogP contribution in [-0.4, -0.2) is 64.8 Å². The molecule has 4 rings (SSSR count). The smallest absolute Gasteiger partial charge is 0.475 e. The quantitative estimate of drug-likeness (QED) is 0.712. The number of aliphatic carboxylic acids is 1. The van der Waals surface area contributed by atoms with Crippen LogP contribution >= 0.6 is 0 Å². The van der Waals surface area contributed by atoms with Gasteiger partial charge in [-0.05, 0) is 31.4 Å². The molecule has 0 aromatic carbocycles. The van der Waals surface area contributed by atoms with E-state index in [2.05, 4.69) is 10.3 Å². The Kier molecular flexibility index (Phi) is 7.25. The summed E-state index contributed by atoms with van der Waals surface area (Å²) in [5.74, 6) is -2.62. The van der Waals surface area contributed by atoms with Crippen LogP contribution in [0.2, 0.25) is 0 Å². The number of rotatable bonds is 2. The minimum atomic E-state index is -5.08. The van der Waals surface area contributed by atoms with Crippen molar-refractivity contribution in [2.75, 3.05) is 24.5 Å². The van der Waals surface area contributed by atoms with E-state index >= 15 is 0 Å². The number of hydrogen-bond donors (Lipinski definition) is 2. The van der Waals surface area contributed by atoms with Crippen molar-refractivity contribution in [3.8, 4) is 0 Å². The fourth-order valence-electron chi connectivity index (χ4n) is 4.54. The highest BCUT2D eigenvalue weighted by molar-refractivity contribution is 5.96. The summed E-state index contributed by atoms with van der Waals surface area (Å²) in [5.41, 5.74) is 0.756. The van der Waals surface area contributed by atoms with E-state index in [9.17, 15) is 22.8 Å². The first-order valence-corrected chi connectivity index (χ1v) is 10.7. The van der Waals surface area contributed by atoms with Crippen molar-refractivity contribution in [1.29, 1.82) is 0 Å². The number of nitrogens with one attached hydrogen (secondary N) is 1. The molecule has 2 N–H and O–H groups in total. The molecule has 8 nitrogen and oxygen atoms in total. The second kappa shape index (κ2) is 9.74. The number of hydrogen-bond acceptors (Lipinski definition) is 4. The Hall–Kier alpha value is -2.85. The van der Waals surface area contributed by atoms with Crippen molar-refractivity contribution >= 4 is 23.6 Å². The number of carboxylic acid groups (broad SMARTS) is 1. The number of halogens is 3. The second-order valence-electron chi connectivity index (χ2n) is 8.63. The summed E-state index contributed by atoms with van der Waals surface area (Å²) in [6.45, 7) is 2.10. The highest BCUT2D eigenvalue weighted by Gasteiger charge is 2.49. The molecule has 1 aromatic rings. The summed E-state index contributed by atoms with van der Waals surface area (Å²) in [7, 11) is 0. The maximum atomic E-state index is 12.6. The first-order valence-electron chi connectivity index (χ1n) is 10.7. The zero-order valence-corrected chi connectivity index (χ0v) is 17.6. The van der Waals surface area contributed by atoms with E-state index in [1.54, 1.807) is 12.4 Å². The van der Waals surface area contributed by atoms with Crippen LogP contribution in [0.3, 0.4) is 0 Å². The highest BCUT2D eigenvalue weighted by atomic mass is 19.4. The number of urea groups is 1. The van der Waals surface area contributed by atoms with Crippen LogP contribution in [0, 0.1) is 5.41 Å². The van der Waals surface area contributed by atoms with E-state index in [4.69, 9.17) is 9.90 Å². The number of carbonyl (C=O) groups is 3. The van der Waals surface area contributed by atoms with Crippen LogP contribution in [0.5, 0.6) is 0 Å². The van der Waals surface area contributed by atoms with E-state index in [0.717, 1.165) is 31.5 Å². The van der Waals surface area contributed by atoms with Gasteiger partial charge in [-0.3, -0.25) is 9.78 Å². The van der Waals surface area contributed by atoms with Gasteiger partial charge in [0.05, 0.1) is 11.9 Å². The molecule has 3 fully saturated rings. The molecule has 1 spiro atoms. The van der Waals surface area contributed by atoms with Crippen LogP contribution in [0.25, 0.3) is 0 Å². The SMILES string of the molecule is O=C(NC1CCCCC1)N1CCC2(CC(=O)N(c3cccnc3)C2)C1.O=C(O)C(F)(F)F. The Bertz CT molecular complexity index is 830. The van der Waals surface area contributed by atoms with Crippen molar-refractivity contribution in [1.82, 2.24) is 15.2 Å². The normalized spacial score (nSPS) is 23.8. The van der Waals surface area contributed by atoms with E-state index in [1.807, 2.05) is 21.9 Å². The van der Waals surface area contributed by atoms with Crippen LogP contribution < -0.4 is 10.2 Å². The number of carbonyl (C=O) groups excluding carboxylic acids is 2. The zero-order valence-electron chi connectivity index (χ0n) is 17.6. The first-order chi connectivity index (χ1) is 15.1. The summed E-state index contributed by atoms with van der Waals surface area (Å²) >= 11 is 0. The molecule has 2 saturated heterocycles. The van der Waals surface area contributed by atoms with Gasteiger partial charge in [0.15, 0.2) is 0 Å². The summed E-state index contributed by atoms with van der Waals surface area (Å²) in [6, 6.07) is 4.16. The number of likely N-dealkylation sites (tertiary alicyclic amines) is 1.